The summed E-state index contributed by atoms with van der Waals surface area (Å²) in [6.07, 6.45) is 5.08. The van der Waals surface area contributed by atoms with Crippen LogP contribution in [0, 0.1) is 5.92 Å². The van der Waals surface area contributed by atoms with Gasteiger partial charge in [-0.15, -0.1) is 0 Å². The first kappa shape index (κ1) is 40.9. The van der Waals surface area contributed by atoms with E-state index >= 15 is 0 Å². The average molecular weight is 798 g/mol. The number of alkyl carbamates (subject to hydrolysis) is 1. The Balaban J connectivity index is 0.00000198. The highest BCUT2D eigenvalue weighted by atomic mass is 16.5. The molecule has 3 amide bonds. The number of carbonyl (C=O) groups is 3. The fourth-order valence-corrected chi connectivity index (χ4v) is 8.18. The number of methoxy groups -OCH3 is 1. The van der Waals surface area contributed by atoms with Crippen LogP contribution >= 0.6 is 0 Å². The summed E-state index contributed by atoms with van der Waals surface area (Å²) >= 11 is 0. The number of aromatic nitrogens is 4. The number of fused-ring (bicyclic) bond motifs is 1. The van der Waals surface area contributed by atoms with Crippen molar-refractivity contribution in [3.8, 4) is 33.6 Å². The molecule has 6 aromatic rings. The van der Waals surface area contributed by atoms with E-state index in [4.69, 9.17) is 9.72 Å². The molecule has 0 spiro atoms. The summed E-state index contributed by atoms with van der Waals surface area (Å²) in [6.45, 7) is 8.99. The molecule has 4 heterocycles. The second-order valence-corrected chi connectivity index (χ2v) is 15.3. The molecule has 12 heteroatoms. The van der Waals surface area contributed by atoms with Gasteiger partial charge in [0, 0.05) is 20.1 Å². The van der Waals surface area contributed by atoms with Gasteiger partial charge in [0.05, 0.1) is 43.0 Å². The number of ether oxygens (including phenoxy) is 1. The zero-order valence-electron chi connectivity index (χ0n) is 34.3. The summed E-state index contributed by atoms with van der Waals surface area (Å²) in [5.74, 6) is 0.915. The maximum absolute atomic E-state index is 13.6. The van der Waals surface area contributed by atoms with Crippen LogP contribution in [0.3, 0.4) is 0 Å². The molecule has 2 aliphatic heterocycles. The molecule has 4 aromatic carbocycles. The monoisotopic (exact) mass is 797 g/mol. The summed E-state index contributed by atoms with van der Waals surface area (Å²) in [5.41, 5.74) is 6.50. The second kappa shape index (κ2) is 18.1. The number of nitrogens with one attached hydrogen (secondary N) is 3. The van der Waals surface area contributed by atoms with Crippen molar-refractivity contribution >= 4 is 28.7 Å². The summed E-state index contributed by atoms with van der Waals surface area (Å²) in [5, 5.41) is 15.7. The molecule has 0 radical (unpaired) electrons. The minimum absolute atomic E-state index is 0. The maximum Gasteiger partial charge on any atom is 0.407 e. The van der Waals surface area contributed by atoms with Crippen molar-refractivity contribution in [2.45, 2.75) is 77.6 Å². The lowest BCUT2D eigenvalue weighted by atomic mass is 9.98. The van der Waals surface area contributed by atoms with Crippen LogP contribution in [0.5, 0.6) is 0 Å². The summed E-state index contributed by atoms with van der Waals surface area (Å²) in [4.78, 5) is 58.7. The van der Waals surface area contributed by atoms with Crippen LogP contribution in [0.2, 0.25) is 0 Å². The first-order valence-electron chi connectivity index (χ1n) is 20.6. The first-order chi connectivity index (χ1) is 28.7. The smallest absolute Gasteiger partial charge is 0.407 e. The van der Waals surface area contributed by atoms with Crippen LogP contribution in [0.4, 0.5) is 4.79 Å². The van der Waals surface area contributed by atoms with E-state index in [2.05, 4.69) is 80.9 Å². The molecule has 59 heavy (non-hydrogen) atoms. The van der Waals surface area contributed by atoms with Crippen molar-refractivity contribution in [1.82, 2.24) is 35.1 Å². The van der Waals surface area contributed by atoms with Gasteiger partial charge in [-0.2, -0.15) is 0 Å². The number of aliphatic hydroxyl groups is 1. The minimum Gasteiger partial charge on any atom is -0.453 e. The number of benzene rings is 4. The van der Waals surface area contributed by atoms with Gasteiger partial charge in [-0.05, 0) is 76.8 Å². The van der Waals surface area contributed by atoms with E-state index in [1.54, 1.807) is 17.0 Å². The number of aliphatic hydroxyl groups excluding tert-OH is 1. The van der Waals surface area contributed by atoms with Gasteiger partial charge in [0.15, 0.2) is 6.10 Å². The Bertz CT molecular complexity index is 2400. The number of hydrogen-bond donors (Lipinski definition) is 4. The van der Waals surface area contributed by atoms with Crippen molar-refractivity contribution in [2.75, 3.05) is 20.2 Å². The van der Waals surface area contributed by atoms with Crippen molar-refractivity contribution in [1.29, 1.82) is 0 Å². The van der Waals surface area contributed by atoms with Crippen molar-refractivity contribution < 1.29 is 25.7 Å². The predicted molar refractivity (Wildman–Crippen MR) is 231 cm³/mol. The van der Waals surface area contributed by atoms with Gasteiger partial charge in [0.2, 0.25) is 5.91 Å². The average Bonchev–Trinajstić information content (AvgIpc) is 4.13. The van der Waals surface area contributed by atoms with Crippen LogP contribution in [-0.2, 0) is 14.3 Å². The van der Waals surface area contributed by atoms with Crippen LogP contribution in [0.1, 0.15) is 90.2 Å². The topological polar surface area (TPSA) is 157 Å². The molecule has 0 saturated carbocycles. The maximum atomic E-state index is 13.6. The standard InChI is InChI=1S/C45H47N7O5.C2H6.H2/c1-27(2)39(50-45(56)57-3)43(54)51-21-7-11-37(51)41-47-26-36(49-41)34-20-19-32-23-31(17-18-33(32)24-34)28-13-15-29(16-14-28)35-25-46-42(48-35)38-12-8-22-52(38)44(55)40(53)30-9-5-4-6-10-30;1-2;/h4-6,9-10,13-20,23-27,37-40,53H,7-8,11-12,21-22H2,1-3H3,(H,46,48)(H,47,49)(H,50,56);1-2H3;1H/t37-,38-,39-,40+;;/m0../s1. The van der Waals surface area contributed by atoms with Crippen molar-refractivity contribution in [3.63, 3.8) is 0 Å². The lowest BCUT2D eigenvalue weighted by molar-refractivity contribution is -0.141. The van der Waals surface area contributed by atoms with Crippen LogP contribution in [0.15, 0.2) is 103 Å². The molecule has 2 saturated heterocycles. The number of rotatable bonds is 10. The Hall–Kier alpha value is -6.27. The predicted octanol–water partition coefficient (Wildman–Crippen LogP) is 9.00. The van der Waals surface area contributed by atoms with Gasteiger partial charge in [0.25, 0.3) is 5.91 Å². The molecule has 4 atom stereocenters. The highest BCUT2D eigenvalue weighted by Gasteiger charge is 2.38. The van der Waals surface area contributed by atoms with Gasteiger partial charge in [-0.1, -0.05) is 107 Å². The molecule has 12 nitrogen and oxygen atoms in total. The normalized spacial score (nSPS) is 17.4. The molecule has 0 unspecified atom stereocenters. The molecular weight excluding hydrogens is 743 g/mol. The molecule has 0 bridgehead atoms. The largest absolute Gasteiger partial charge is 0.453 e. The Morgan fingerprint density at radius 2 is 1.24 bits per heavy atom. The fourth-order valence-electron chi connectivity index (χ4n) is 8.18. The molecule has 8 rings (SSSR count). The van der Waals surface area contributed by atoms with E-state index in [0.29, 0.717) is 18.7 Å². The van der Waals surface area contributed by atoms with E-state index in [-0.39, 0.29) is 31.2 Å². The van der Waals surface area contributed by atoms with Crippen molar-refractivity contribution in [3.05, 3.63) is 121 Å². The molecular formula is C47H55N7O5. The zero-order chi connectivity index (χ0) is 41.6. The first-order valence-corrected chi connectivity index (χ1v) is 20.6. The number of amides is 3. The second-order valence-electron chi connectivity index (χ2n) is 15.3. The Labute approximate surface area is 346 Å². The van der Waals surface area contributed by atoms with E-state index < -0.39 is 18.2 Å². The van der Waals surface area contributed by atoms with E-state index in [0.717, 1.165) is 81.7 Å². The van der Waals surface area contributed by atoms with Gasteiger partial charge in [-0.3, -0.25) is 9.59 Å². The number of H-pyrrole nitrogens is 2. The van der Waals surface area contributed by atoms with Crippen LogP contribution in [-0.4, -0.2) is 79.0 Å². The van der Waals surface area contributed by atoms with E-state index in [1.807, 2.05) is 63.2 Å². The molecule has 2 fully saturated rings. The SMILES string of the molecule is CC.COC(=O)N[C@H](C(=O)N1CCC[C@H]1c1ncc(-c2ccc3cc(-c4ccc(-c5cnc([C@@H]6CCCN6C(=O)[C@H](O)c6ccccc6)[nH]5)cc4)ccc3c2)[nH]1)C(C)C.[HH]. The van der Waals surface area contributed by atoms with Gasteiger partial charge in [0.1, 0.15) is 17.7 Å². The quantitative estimate of drug-likeness (QED) is 0.108. The van der Waals surface area contributed by atoms with Gasteiger partial charge in [-0.25, -0.2) is 14.8 Å². The molecule has 0 aliphatic carbocycles. The number of likely N-dealkylation sites (tertiary alicyclic amines) is 2. The third-order valence-corrected chi connectivity index (χ3v) is 11.3. The van der Waals surface area contributed by atoms with Crippen LogP contribution in [0.25, 0.3) is 44.4 Å². The Morgan fingerprint density at radius 1 is 0.729 bits per heavy atom. The lowest BCUT2D eigenvalue weighted by Gasteiger charge is -2.30. The Morgan fingerprint density at radius 3 is 1.81 bits per heavy atom. The third kappa shape index (κ3) is 8.63. The highest BCUT2D eigenvalue weighted by molar-refractivity contribution is 5.91. The van der Waals surface area contributed by atoms with E-state index in [1.165, 1.54) is 7.11 Å². The molecule has 4 N–H and O–H groups in total. The summed E-state index contributed by atoms with van der Waals surface area (Å²) in [7, 11) is 1.29. The molecule has 308 valence electrons. The van der Waals surface area contributed by atoms with Crippen LogP contribution < -0.4 is 5.32 Å². The lowest BCUT2D eigenvalue weighted by Crippen LogP contribution is -2.51. The number of hydrogen-bond acceptors (Lipinski definition) is 7. The summed E-state index contributed by atoms with van der Waals surface area (Å²) < 4.78 is 4.77. The van der Waals surface area contributed by atoms with Crippen molar-refractivity contribution in [2.24, 2.45) is 5.92 Å². The van der Waals surface area contributed by atoms with E-state index in [9.17, 15) is 19.5 Å². The fraction of sp³-hybridized carbons (Fsp3) is 0.340. The molecule has 2 aromatic heterocycles. The number of carbonyl (C=O) groups excluding carboxylic acids is 3. The Kier molecular flexibility index (Phi) is 12.6. The highest BCUT2D eigenvalue weighted by Crippen LogP contribution is 2.36. The zero-order valence-corrected chi connectivity index (χ0v) is 34.3. The summed E-state index contributed by atoms with van der Waals surface area (Å²) in [6, 6.07) is 29.1. The minimum atomic E-state index is -1.20. The number of imidazole rings is 2. The van der Waals surface area contributed by atoms with Gasteiger partial charge >= 0.3 is 6.09 Å². The van der Waals surface area contributed by atoms with Gasteiger partial charge < -0.3 is 34.9 Å². The molecule has 2 aliphatic rings. The number of nitrogens with zero attached hydrogens (tertiary/aromatic N) is 4. The third-order valence-electron chi connectivity index (χ3n) is 11.3. The number of aromatic amines is 2.